The SMILES string of the molecule is NCCCC1(c2cccc(F)c2)NN=C(c2cc(F)ccc2F)S1. The van der Waals surface area contributed by atoms with Gasteiger partial charge in [0.15, 0.2) is 0 Å². The first kappa shape index (κ1) is 16.9. The van der Waals surface area contributed by atoms with E-state index < -0.39 is 16.5 Å². The minimum atomic E-state index is -0.754. The van der Waals surface area contributed by atoms with Crippen LogP contribution in [0.3, 0.4) is 0 Å². The van der Waals surface area contributed by atoms with E-state index in [2.05, 4.69) is 10.5 Å². The zero-order valence-corrected chi connectivity index (χ0v) is 13.5. The Morgan fingerprint density at radius 2 is 1.88 bits per heavy atom. The number of benzene rings is 2. The first-order valence-electron chi connectivity index (χ1n) is 7.49. The number of rotatable bonds is 5. The summed E-state index contributed by atoms with van der Waals surface area (Å²) in [6, 6.07) is 9.38. The van der Waals surface area contributed by atoms with E-state index in [4.69, 9.17) is 5.73 Å². The molecule has 1 aliphatic rings. The van der Waals surface area contributed by atoms with Gasteiger partial charge in [-0.2, -0.15) is 5.10 Å². The number of nitrogens with zero attached hydrogens (tertiary/aromatic N) is 1. The molecule has 1 atom stereocenters. The van der Waals surface area contributed by atoms with E-state index in [9.17, 15) is 13.2 Å². The summed E-state index contributed by atoms with van der Waals surface area (Å²) < 4.78 is 41.1. The quantitative estimate of drug-likeness (QED) is 0.864. The third-order valence-corrected chi connectivity index (χ3v) is 5.18. The van der Waals surface area contributed by atoms with Crippen molar-refractivity contribution in [1.29, 1.82) is 0 Å². The van der Waals surface area contributed by atoms with E-state index in [0.29, 0.717) is 30.0 Å². The normalized spacial score (nSPS) is 19.9. The van der Waals surface area contributed by atoms with E-state index >= 15 is 0 Å². The van der Waals surface area contributed by atoms with Crippen molar-refractivity contribution in [2.24, 2.45) is 10.8 Å². The van der Waals surface area contributed by atoms with E-state index in [1.54, 1.807) is 12.1 Å². The van der Waals surface area contributed by atoms with Crippen LogP contribution in [0.5, 0.6) is 0 Å². The molecule has 1 heterocycles. The van der Waals surface area contributed by atoms with Crippen molar-refractivity contribution >= 4 is 16.8 Å². The van der Waals surface area contributed by atoms with Crippen LogP contribution >= 0.6 is 11.8 Å². The van der Waals surface area contributed by atoms with Gasteiger partial charge < -0.3 is 5.73 Å². The van der Waals surface area contributed by atoms with Crippen LogP contribution in [-0.4, -0.2) is 11.6 Å². The summed E-state index contributed by atoms with van der Waals surface area (Å²) in [6.45, 7) is 0.461. The summed E-state index contributed by atoms with van der Waals surface area (Å²) in [5.41, 5.74) is 9.35. The lowest BCUT2D eigenvalue weighted by molar-refractivity contribution is 0.462. The molecule has 1 aliphatic heterocycles. The first-order valence-corrected chi connectivity index (χ1v) is 8.31. The van der Waals surface area contributed by atoms with Crippen molar-refractivity contribution in [2.45, 2.75) is 17.7 Å². The molecule has 0 aliphatic carbocycles. The molecule has 126 valence electrons. The lowest BCUT2D eigenvalue weighted by Gasteiger charge is -2.28. The van der Waals surface area contributed by atoms with Crippen molar-refractivity contribution in [3.63, 3.8) is 0 Å². The summed E-state index contributed by atoms with van der Waals surface area (Å²) in [4.78, 5) is -0.754. The lowest BCUT2D eigenvalue weighted by Crippen LogP contribution is -2.33. The average Bonchev–Trinajstić information content (AvgIpc) is 3.01. The number of halogens is 3. The molecule has 0 fully saturated rings. The predicted molar refractivity (Wildman–Crippen MR) is 90.0 cm³/mol. The highest BCUT2D eigenvalue weighted by Crippen LogP contribution is 2.44. The van der Waals surface area contributed by atoms with Crippen molar-refractivity contribution in [2.75, 3.05) is 6.54 Å². The van der Waals surface area contributed by atoms with E-state index in [1.165, 1.54) is 23.9 Å². The molecule has 2 aromatic rings. The Morgan fingerprint density at radius 1 is 1.08 bits per heavy atom. The molecule has 7 heteroatoms. The van der Waals surface area contributed by atoms with E-state index in [1.807, 2.05) is 0 Å². The summed E-state index contributed by atoms with van der Waals surface area (Å²) in [6.07, 6.45) is 1.24. The number of nitrogens with two attached hydrogens (primary N) is 1. The van der Waals surface area contributed by atoms with Crippen LogP contribution in [0.25, 0.3) is 0 Å². The summed E-state index contributed by atoms with van der Waals surface area (Å²) in [5, 5.41) is 4.51. The van der Waals surface area contributed by atoms with Gasteiger partial charge in [0, 0.05) is 5.56 Å². The van der Waals surface area contributed by atoms with Gasteiger partial charge in [-0.3, -0.25) is 5.43 Å². The fraction of sp³-hybridized carbons (Fsp3) is 0.235. The molecule has 0 amide bonds. The molecule has 3 N–H and O–H groups in total. The fourth-order valence-corrected chi connectivity index (χ4v) is 3.86. The number of thioether (sulfide) groups is 1. The molecule has 0 aromatic heterocycles. The van der Waals surface area contributed by atoms with Crippen LogP contribution in [0.1, 0.15) is 24.0 Å². The molecule has 0 saturated carbocycles. The second-order valence-corrected chi connectivity index (χ2v) is 6.77. The Labute approximate surface area is 142 Å². The monoisotopic (exact) mass is 351 g/mol. The highest BCUT2D eigenvalue weighted by molar-refractivity contribution is 8.15. The second-order valence-electron chi connectivity index (χ2n) is 5.48. The Kier molecular flexibility index (Phi) is 4.82. The lowest BCUT2D eigenvalue weighted by atomic mass is 10.0. The summed E-state index contributed by atoms with van der Waals surface area (Å²) in [7, 11) is 0. The minimum Gasteiger partial charge on any atom is -0.330 e. The predicted octanol–water partition coefficient (Wildman–Crippen LogP) is 3.69. The topological polar surface area (TPSA) is 50.4 Å². The molecule has 3 rings (SSSR count). The Balaban J connectivity index is 1.95. The Morgan fingerprint density at radius 3 is 2.62 bits per heavy atom. The van der Waals surface area contributed by atoms with Gasteiger partial charge in [-0.15, -0.1) is 0 Å². The van der Waals surface area contributed by atoms with Crippen molar-refractivity contribution in [3.05, 3.63) is 71.0 Å². The molecular formula is C17H16F3N3S. The van der Waals surface area contributed by atoms with E-state index in [0.717, 1.165) is 18.2 Å². The molecule has 0 saturated heterocycles. The number of hydrogen-bond donors (Lipinski definition) is 2. The van der Waals surface area contributed by atoms with E-state index in [-0.39, 0.29) is 11.4 Å². The zero-order chi connectivity index (χ0) is 17.2. The zero-order valence-electron chi connectivity index (χ0n) is 12.7. The molecule has 0 radical (unpaired) electrons. The molecular weight excluding hydrogens is 335 g/mol. The smallest absolute Gasteiger partial charge is 0.133 e. The van der Waals surface area contributed by atoms with Crippen LogP contribution in [-0.2, 0) is 4.87 Å². The Hall–Kier alpha value is -1.99. The third-order valence-electron chi connectivity index (χ3n) is 3.79. The maximum absolute atomic E-state index is 14.0. The van der Waals surface area contributed by atoms with Crippen LogP contribution in [0, 0.1) is 17.5 Å². The van der Waals surface area contributed by atoms with Gasteiger partial charge in [0.05, 0.1) is 0 Å². The maximum Gasteiger partial charge on any atom is 0.133 e. The summed E-state index contributed by atoms with van der Waals surface area (Å²) >= 11 is 1.25. The largest absolute Gasteiger partial charge is 0.330 e. The van der Waals surface area contributed by atoms with Crippen LogP contribution in [0.4, 0.5) is 13.2 Å². The van der Waals surface area contributed by atoms with Gasteiger partial charge in [0.1, 0.15) is 27.4 Å². The van der Waals surface area contributed by atoms with Gasteiger partial charge in [0.25, 0.3) is 0 Å². The molecule has 0 bridgehead atoms. The van der Waals surface area contributed by atoms with Crippen LogP contribution in [0.15, 0.2) is 47.6 Å². The van der Waals surface area contributed by atoms with Gasteiger partial charge >= 0.3 is 0 Å². The highest BCUT2D eigenvalue weighted by Gasteiger charge is 2.39. The van der Waals surface area contributed by atoms with Crippen molar-refractivity contribution < 1.29 is 13.2 Å². The minimum absolute atomic E-state index is 0.0820. The number of hydrogen-bond acceptors (Lipinski definition) is 4. The van der Waals surface area contributed by atoms with Crippen molar-refractivity contribution in [3.8, 4) is 0 Å². The average molecular weight is 351 g/mol. The van der Waals surface area contributed by atoms with Gasteiger partial charge in [-0.1, -0.05) is 23.9 Å². The molecule has 2 aromatic carbocycles. The first-order chi connectivity index (χ1) is 11.5. The van der Waals surface area contributed by atoms with Gasteiger partial charge in [-0.25, -0.2) is 13.2 Å². The Bertz CT molecular complexity index is 781. The molecule has 1 unspecified atom stereocenters. The highest BCUT2D eigenvalue weighted by atomic mass is 32.2. The number of hydrazone groups is 1. The van der Waals surface area contributed by atoms with Crippen LogP contribution < -0.4 is 11.2 Å². The van der Waals surface area contributed by atoms with Crippen molar-refractivity contribution in [1.82, 2.24) is 5.43 Å². The third kappa shape index (κ3) is 3.27. The molecule has 3 nitrogen and oxygen atoms in total. The summed E-state index contributed by atoms with van der Waals surface area (Å²) in [5.74, 6) is -1.47. The second kappa shape index (κ2) is 6.86. The standard InChI is InChI=1S/C17H16F3N3S/c18-12-4-1-3-11(9-12)17(7-2-8-21)23-22-16(24-17)14-10-13(19)5-6-15(14)20/h1,3-6,9-10,23H,2,7-8,21H2. The molecule has 0 spiro atoms. The fourth-order valence-electron chi connectivity index (χ4n) is 2.59. The van der Waals surface area contributed by atoms with Gasteiger partial charge in [-0.05, 0) is 55.3 Å². The van der Waals surface area contributed by atoms with Gasteiger partial charge in [0.2, 0.25) is 0 Å². The maximum atomic E-state index is 14.0. The number of nitrogens with one attached hydrogen (secondary N) is 1. The van der Waals surface area contributed by atoms with Crippen LogP contribution in [0.2, 0.25) is 0 Å². The molecule has 24 heavy (non-hydrogen) atoms.